The smallest absolute Gasteiger partial charge is 0.184 e. The van der Waals surface area contributed by atoms with Gasteiger partial charge < -0.3 is 9.73 Å². The zero-order chi connectivity index (χ0) is 14.4. The Morgan fingerprint density at radius 3 is 2.70 bits per heavy atom. The molecule has 0 radical (unpaired) electrons. The molecular formula is C16H23Br2NO. The summed E-state index contributed by atoms with van der Waals surface area (Å²) in [5, 5.41) is 3.54. The van der Waals surface area contributed by atoms with E-state index >= 15 is 0 Å². The molecule has 0 saturated heterocycles. The van der Waals surface area contributed by atoms with E-state index in [0.717, 1.165) is 33.9 Å². The zero-order valence-corrected chi connectivity index (χ0v) is 15.2. The van der Waals surface area contributed by atoms with Crippen molar-refractivity contribution in [3.8, 4) is 0 Å². The van der Waals surface area contributed by atoms with Gasteiger partial charge in [0.2, 0.25) is 0 Å². The van der Waals surface area contributed by atoms with Crippen LogP contribution < -0.4 is 5.32 Å². The van der Waals surface area contributed by atoms with Gasteiger partial charge >= 0.3 is 0 Å². The Morgan fingerprint density at radius 2 is 2.10 bits per heavy atom. The molecule has 1 saturated carbocycles. The topological polar surface area (TPSA) is 25.2 Å². The molecule has 1 heterocycles. The SMILES string of the molecule is CCCNCC(=Cc1cc(Br)c(Br)o1)C1CCCCC1. The predicted molar refractivity (Wildman–Crippen MR) is 91.8 cm³/mol. The van der Waals surface area contributed by atoms with E-state index in [1.54, 1.807) is 0 Å². The second-order valence-electron chi connectivity index (χ2n) is 5.50. The van der Waals surface area contributed by atoms with Gasteiger partial charge in [-0.05, 0) is 81.3 Å². The van der Waals surface area contributed by atoms with E-state index < -0.39 is 0 Å². The maximum Gasteiger partial charge on any atom is 0.184 e. The number of rotatable bonds is 6. The van der Waals surface area contributed by atoms with Crippen molar-refractivity contribution in [1.29, 1.82) is 0 Å². The van der Waals surface area contributed by atoms with Crippen molar-refractivity contribution >= 4 is 37.9 Å². The molecule has 2 rings (SSSR count). The van der Waals surface area contributed by atoms with Gasteiger partial charge in [0.25, 0.3) is 0 Å². The first-order valence-electron chi connectivity index (χ1n) is 7.56. The highest BCUT2D eigenvalue weighted by atomic mass is 79.9. The van der Waals surface area contributed by atoms with Gasteiger partial charge in [-0.15, -0.1) is 0 Å². The summed E-state index contributed by atoms with van der Waals surface area (Å²) in [6, 6.07) is 2.03. The van der Waals surface area contributed by atoms with E-state index in [1.165, 1.54) is 44.1 Å². The van der Waals surface area contributed by atoms with E-state index in [0.29, 0.717) is 0 Å². The largest absolute Gasteiger partial charge is 0.449 e. The van der Waals surface area contributed by atoms with Crippen LogP contribution in [0.25, 0.3) is 6.08 Å². The highest BCUT2D eigenvalue weighted by Crippen LogP contribution is 2.33. The van der Waals surface area contributed by atoms with Gasteiger partial charge in [-0.25, -0.2) is 0 Å². The molecule has 112 valence electrons. The number of hydrogen-bond acceptors (Lipinski definition) is 2. The van der Waals surface area contributed by atoms with Crippen molar-refractivity contribution < 1.29 is 4.42 Å². The van der Waals surface area contributed by atoms with Crippen LogP contribution in [0.15, 0.2) is 25.2 Å². The minimum atomic E-state index is 0.718. The molecule has 0 atom stereocenters. The first kappa shape index (κ1) is 16.3. The summed E-state index contributed by atoms with van der Waals surface area (Å²) in [5.41, 5.74) is 1.49. The van der Waals surface area contributed by atoms with E-state index in [9.17, 15) is 0 Å². The molecule has 1 aromatic rings. The van der Waals surface area contributed by atoms with Gasteiger partial charge in [-0.2, -0.15) is 0 Å². The molecule has 1 aliphatic rings. The Labute approximate surface area is 138 Å². The van der Waals surface area contributed by atoms with E-state index in [2.05, 4.69) is 50.2 Å². The maximum absolute atomic E-state index is 5.71. The molecule has 20 heavy (non-hydrogen) atoms. The number of hydrogen-bond donors (Lipinski definition) is 1. The number of nitrogens with one attached hydrogen (secondary N) is 1. The molecule has 0 spiro atoms. The molecule has 1 N–H and O–H groups in total. The molecule has 0 aromatic carbocycles. The Hall–Kier alpha value is -0.0600. The molecule has 4 heteroatoms. The van der Waals surface area contributed by atoms with Gasteiger partial charge in [-0.3, -0.25) is 0 Å². The van der Waals surface area contributed by atoms with Crippen molar-refractivity contribution in [2.24, 2.45) is 5.92 Å². The second kappa shape index (κ2) is 8.40. The van der Waals surface area contributed by atoms with Crippen LogP contribution in [-0.4, -0.2) is 13.1 Å². The summed E-state index contributed by atoms with van der Waals surface area (Å²) in [6.07, 6.45) is 10.2. The molecule has 2 nitrogen and oxygen atoms in total. The minimum absolute atomic E-state index is 0.718. The van der Waals surface area contributed by atoms with Crippen molar-refractivity contribution in [3.05, 3.63) is 26.5 Å². The normalized spacial score (nSPS) is 17.6. The minimum Gasteiger partial charge on any atom is -0.449 e. The fourth-order valence-electron chi connectivity index (χ4n) is 2.81. The second-order valence-corrected chi connectivity index (χ2v) is 7.08. The maximum atomic E-state index is 5.71. The summed E-state index contributed by atoms with van der Waals surface area (Å²) >= 11 is 6.89. The molecule has 0 unspecified atom stereocenters. The highest BCUT2D eigenvalue weighted by molar-refractivity contribution is 9.13. The Kier molecular flexibility index (Phi) is 6.85. The van der Waals surface area contributed by atoms with E-state index in [4.69, 9.17) is 4.42 Å². The van der Waals surface area contributed by atoms with Gasteiger partial charge in [0.05, 0.1) is 4.47 Å². The van der Waals surface area contributed by atoms with Crippen LogP contribution >= 0.6 is 31.9 Å². The van der Waals surface area contributed by atoms with Crippen molar-refractivity contribution in [2.75, 3.05) is 13.1 Å². The first-order valence-corrected chi connectivity index (χ1v) is 9.15. The molecule has 1 fully saturated rings. The van der Waals surface area contributed by atoms with Gasteiger partial charge in [-0.1, -0.05) is 26.2 Å². The van der Waals surface area contributed by atoms with Crippen LogP contribution in [0, 0.1) is 5.92 Å². The summed E-state index contributed by atoms with van der Waals surface area (Å²) in [6.45, 7) is 4.27. The third-order valence-corrected chi connectivity index (χ3v) is 5.59. The highest BCUT2D eigenvalue weighted by Gasteiger charge is 2.18. The molecule has 1 aliphatic carbocycles. The summed E-state index contributed by atoms with van der Waals surface area (Å²) in [7, 11) is 0. The molecule has 0 bridgehead atoms. The third kappa shape index (κ3) is 4.74. The average Bonchev–Trinajstić information content (AvgIpc) is 2.77. The number of halogens is 2. The van der Waals surface area contributed by atoms with E-state index in [1.807, 2.05) is 6.07 Å². The van der Waals surface area contributed by atoms with Crippen LogP contribution in [0.5, 0.6) is 0 Å². The van der Waals surface area contributed by atoms with Crippen LogP contribution in [0.2, 0.25) is 0 Å². The summed E-state index contributed by atoms with van der Waals surface area (Å²) in [4.78, 5) is 0. The Balaban J connectivity index is 2.11. The lowest BCUT2D eigenvalue weighted by Crippen LogP contribution is -2.22. The fourth-order valence-corrected chi connectivity index (χ4v) is 3.42. The van der Waals surface area contributed by atoms with Crippen molar-refractivity contribution in [2.45, 2.75) is 45.4 Å². The quantitative estimate of drug-likeness (QED) is 0.609. The van der Waals surface area contributed by atoms with Crippen molar-refractivity contribution in [1.82, 2.24) is 5.32 Å². The molecule has 0 amide bonds. The van der Waals surface area contributed by atoms with Crippen molar-refractivity contribution in [3.63, 3.8) is 0 Å². The van der Waals surface area contributed by atoms with Crippen LogP contribution in [-0.2, 0) is 0 Å². The lowest BCUT2D eigenvalue weighted by Gasteiger charge is -2.24. The van der Waals surface area contributed by atoms with Gasteiger partial charge in [0.15, 0.2) is 4.67 Å². The Morgan fingerprint density at radius 1 is 1.35 bits per heavy atom. The van der Waals surface area contributed by atoms with Gasteiger partial charge in [0, 0.05) is 6.54 Å². The van der Waals surface area contributed by atoms with Crippen LogP contribution in [0.1, 0.15) is 51.2 Å². The lowest BCUT2D eigenvalue weighted by atomic mass is 9.83. The molecule has 0 aliphatic heterocycles. The monoisotopic (exact) mass is 403 g/mol. The Bertz CT molecular complexity index is 428. The number of furan rings is 1. The first-order chi connectivity index (χ1) is 9.70. The predicted octanol–water partition coefficient (Wildman–Crippen LogP) is 5.77. The lowest BCUT2D eigenvalue weighted by molar-refractivity contribution is 0.396. The molecular weight excluding hydrogens is 382 g/mol. The van der Waals surface area contributed by atoms with Crippen LogP contribution in [0.3, 0.4) is 0 Å². The van der Waals surface area contributed by atoms with Gasteiger partial charge in [0.1, 0.15) is 5.76 Å². The molecule has 1 aromatic heterocycles. The third-order valence-electron chi connectivity index (χ3n) is 3.88. The zero-order valence-electron chi connectivity index (χ0n) is 12.1. The van der Waals surface area contributed by atoms with E-state index in [-0.39, 0.29) is 0 Å². The summed E-state index contributed by atoms with van der Waals surface area (Å²) in [5.74, 6) is 1.65. The fraction of sp³-hybridized carbons (Fsp3) is 0.625. The summed E-state index contributed by atoms with van der Waals surface area (Å²) < 4.78 is 7.46. The van der Waals surface area contributed by atoms with Crippen LogP contribution in [0.4, 0.5) is 0 Å². The average molecular weight is 405 g/mol. The standard InChI is InChI=1S/C16H23Br2NO/c1-2-8-19-11-13(12-6-4-3-5-7-12)9-14-10-15(17)16(18)20-14/h9-10,12,19H,2-8,11H2,1H3.